The van der Waals surface area contributed by atoms with Gasteiger partial charge in [-0.15, -0.1) is 16.4 Å². The number of methoxy groups -OCH3 is 1. The molecule has 150 valence electrons. The number of thiophene rings is 1. The Morgan fingerprint density at radius 2 is 2.14 bits per heavy atom. The first-order valence-electron chi connectivity index (χ1n) is 9.35. The van der Waals surface area contributed by atoms with Gasteiger partial charge in [-0.1, -0.05) is 18.2 Å². The lowest BCUT2D eigenvalue weighted by atomic mass is 9.97. The van der Waals surface area contributed by atoms with E-state index in [-0.39, 0.29) is 23.7 Å². The molecule has 1 aliphatic rings. The van der Waals surface area contributed by atoms with Crippen LogP contribution >= 0.6 is 11.3 Å². The summed E-state index contributed by atoms with van der Waals surface area (Å²) in [7, 11) is 1.59. The number of H-pyrrole nitrogens is 1. The molecule has 0 aliphatic carbocycles. The molecule has 9 heteroatoms. The Hall–Kier alpha value is -3.20. The lowest BCUT2D eigenvalue weighted by molar-refractivity contribution is -0.121. The minimum atomic E-state index is -0.291. The van der Waals surface area contributed by atoms with Gasteiger partial charge in [0.15, 0.2) is 5.82 Å². The number of anilines is 1. The molecule has 2 aromatic heterocycles. The van der Waals surface area contributed by atoms with Crippen molar-refractivity contribution in [3.8, 4) is 17.1 Å². The number of nitrogens with zero attached hydrogens (tertiary/aromatic N) is 3. The molecule has 4 rings (SSSR count). The van der Waals surface area contributed by atoms with Crippen LogP contribution in [0.3, 0.4) is 0 Å². The molecule has 0 spiro atoms. The number of rotatable bonds is 5. The van der Waals surface area contributed by atoms with Crippen molar-refractivity contribution in [2.24, 2.45) is 5.92 Å². The number of hydrogen-bond donors (Lipinski definition) is 2. The molecule has 2 N–H and O–H groups in total. The fourth-order valence-corrected chi connectivity index (χ4v) is 4.11. The molecule has 0 saturated carbocycles. The summed E-state index contributed by atoms with van der Waals surface area (Å²) < 4.78 is 5.34. The molecule has 0 unspecified atom stereocenters. The van der Waals surface area contributed by atoms with Gasteiger partial charge >= 0.3 is 0 Å². The molecule has 0 bridgehead atoms. The van der Waals surface area contributed by atoms with E-state index in [2.05, 4.69) is 20.5 Å². The molecule has 1 atom stereocenters. The first kappa shape index (κ1) is 19.1. The van der Waals surface area contributed by atoms with Gasteiger partial charge in [-0.05, 0) is 36.4 Å². The average Bonchev–Trinajstić information content (AvgIpc) is 3.45. The Kier molecular flexibility index (Phi) is 5.57. The van der Waals surface area contributed by atoms with Crippen molar-refractivity contribution >= 4 is 29.1 Å². The fourth-order valence-electron chi connectivity index (χ4n) is 3.42. The van der Waals surface area contributed by atoms with Crippen molar-refractivity contribution in [2.75, 3.05) is 25.5 Å². The van der Waals surface area contributed by atoms with Gasteiger partial charge in [0.05, 0.1) is 23.5 Å². The van der Waals surface area contributed by atoms with E-state index in [0.29, 0.717) is 29.5 Å². The van der Waals surface area contributed by atoms with E-state index in [1.54, 1.807) is 12.0 Å². The van der Waals surface area contributed by atoms with Crippen molar-refractivity contribution in [1.82, 2.24) is 20.1 Å². The van der Waals surface area contributed by atoms with E-state index >= 15 is 0 Å². The number of likely N-dealkylation sites (tertiary alicyclic amines) is 1. The van der Waals surface area contributed by atoms with Gasteiger partial charge in [-0.25, -0.2) is 0 Å². The fraction of sp³-hybridized carbons (Fsp3) is 0.300. The zero-order chi connectivity index (χ0) is 20.2. The zero-order valence-electron chi connectivity index (χ0n) is 15.9. The topological polar surface area (TPSA) is 100 Å². The van der Waals surface area contributed by atoms with Crippen LogP contribution in [0.5, 0.6) is 5.75 Å². The highest BCUT2D eigenvalue weighted by molar-refractivity contribution is 7.12. The number of benzene rings is 1. The Morgan fingerprint density at radius 1 is 1.28 bits per heavy atom. The van der Waals surface area contributed by atoms with Crippen LogP contribution in [-0.2, 0) is 4.79 Å². The second-order valence-electron chi connectivity index (χ2n) is 6.76. The second-order valence-corrected chi connectivity index (χ2v) is 7.71. The SMILES string of the molecule is COc1ccccc1-c1nc(NC(=O)[C@H]2CCCN(C(=O)c3cccs3)C2)n[nH]1. The molecule has 3 aromatic rings. The van der Waals surface area contributed by atoms with Crippen molar-refractivity contribution in [3.63, 3.8) is 0 Å². The Morgan fingerprint density at radius 3 is 2.93 bits per heavy atom. The lowest BCUT2D eigenvalue weighted by Crippen LogP contribution is -2.43. The molecule has 1 saturated heterocycles. The maximum atomic E-state index is 12.7. The third-order valence-corrected chi connectivity index (χ3v) is 5.75. The number of aromatic nitrogens is 3. The predicted octanol–water partition coefficient (Wildman–Crippen LogP) is 3.03. The number of para-hydroxylation sites is 1. The van der Waals surface area contributed by atoms with Gasteiger partial charge in [0.2, 0.25) is 11.9 Å². The number of nitrogens with one attached hydrogen (secondary N) is 2. The maximum absolute atomic E-state index is 12.7. The summed E-state index contributed by atoms with van der Waals surface area (Å²) in [4.78, 5) is 32.1. The number of carbonyl (C=O) groups is 2. The predicted molar refractivity (Wildman–Crippen MR) is 110 cm³/mol. The maximum Gasteiger partial charge on any atom is 0.263 e. The largest absolute Gasteiger partial charge is 0.496 e. The average molecular weight is 411 g/mol. The van der Waals surface area contributed by atoms with Crippen LogP contribution in [0.25, 0.3) is 11.4 Å². The second kappa shape index (κ2) is 8.44. The minimum absolute atomic E-state index is 0.0196. The molecule has 3 heterocycles. The highest BCUT2D eigenvalue weighted by atomic mass is 32.1. The number of ether oxygens (including phenoxy) is 1. The molecule has 1 aliphatic heterocycles. The Balaban J connectivity index is 1.42. The molecule has 2 amide bonds. The summed E-state index contributed by atoms with van der Waals surface area (Å²) in [6.07, 6.45) is 1.51. The van der Waals surface area contributed by atoms with Gasteiger partial charge in [-0.2, -0.15) is 4.98 Å². The van der Waals surface area contributed by atoms with E-state index in [1.165, 1.54) is 11.3 Å². The van der Waals surface area contributed by atoms with Crippen LogP contribution in [0.4, 0.5) is 5.95 Å². The zero-order valence-corrected chi connectivity index (χ0v) is 16.7. The summed E-state index contributed by atoms with van der Waals surface area (Å²) >= 11 is 1.41. The number of hydrogen-bond acceptors (Lipinski definition) is 6. The van der Waals surface area contributed by atoms with Crippen LogP contribution in [0.1, 0.15) is 22.5 Å². The van der Waals surface area contributed by atoms with Crippen molar-refractivity contribution < 1.29 is 14.3 Å². The number of carbonyl (C=O) groups excluding carboxylic acids is 2. The van der Waals surface area contributed by atoms with Crippen LogP contribution in [-0.4, -0.2) is 52.1 Å². The van der Waals surface area contributed by atoms with Crippen LogP contribution in [0.2, 0.25) is 0 Å². The van der Waals surface area contributed by atoms with E-state index in [4.69, 9.17) is 4.74 Å². The molecule has 1 fully saturated rings. The van der Waals surface area contributed by atoms with Gasteiger partial charge < -0.3 is 9.64 Å². The number of amides is 2. The van der Waals surface area contributed by atoms with E-state index < -0.39 is 0 Å². The first-order valence-corrected chi connectivity index (χ1v) is 10.2. The van der Waals surface area contributed by atoms with E-state index in [1.807, 2.05) is 41.8 Å². The first-order chi connectivity index (χ1) is 14.2. The van der Waals surface area contributed by atoms with Crippen LogP contribution in [0, 0.1) is 5.92 Å². The third-order valence-electron chi connectivity index (χ3n) is 4.89. The smallest absolute Gasteiger partial charge is 0.263 e. The molecule has 29 heavy (non-hydrogen) atoms. The summed E-state index contributed by atoms with van der Waals surface area (Å²) in [6.45, 7) is 1.06. The van der Waals surface area contributed by atoms with Crippen LogP contribution in [0.15, 0.2) is 41.8 Å². The molecular weight excluding hydrogens is 390 g/mol. The molecular formula is C20H21N5O3S. The molecule has 8 nitrogen and oxygen atoms in total. The molecule has 0 radical (unpaired) electrons. The Bertz CT molecular complexity index is 1000. The summed E-state index contributed by atoms with van der Waals surface area (Å²) in [5.74, 6) is 0.888. The van der Waals surface area contributed by atoms with Crippen LogP contribution < -0.4 is 10.1 Å². The quantitative estimate of drug-likeness (QED) is 0.672. The summed E-state index contributed by atoms with van der Waals surface area (Å²) in [6, 6.07) is 11.1. The van der Waals surface area contributed by atoms with Crippen molar-refractivity contribution in [3.05, 3.63) is 46.7 Å². The lowest BCUT2D eigenvalue weighted by Gasteiger charge is -2.31. The van der Waals surface area contributed by atoms with E-state index in [0.717, 1.165) is 18.4 Å². The summed E-state index contributed by atoms with van der Waals surface area (Å²) in [5.41, 5.74) is 0.758. The highest BCUT2D eigenvalue weighted by Gasteiger charge is 2.30. The van der Waals surface area contributed by atoms with Crippen molar-refractivity contribution in [2.45, 2.75) is 12.8 Å². The third kappa shape index (κ3) is 4.14. The standard InChI is InChI=1S/C20H21N5O3S/c1-28-15-8-3-2-7-14(15)17-21-20(24-23-17)22-18(26)13-6-4-10-25(12-13)19(27)16-9-5-11-29-16/h2-3,5,7-9,11,13H,4,6,10,12H2,1H3,(H2,21,22,23,24,26)/t13-/m0/s1. The summed E-state index contributed by atoms with van der Waals surface area (Å²) in [5, 5.41) is 11.6. The normalized spacial score (nSPS) is 16.4. The highest BCUT2D eigenvalue weighted by Crippen LogP contribution is 2.27. The van der Waals surface area contributed by atoms with Gasteiger partial charge in [0, 0.05) is 13.1 Å². The molecule has 1 aromatic carbocycles. The Labute approximate surface area is 171 Å². The number of aromatic amines is 1. The van der Waals surface area contributed by atoms with Crippen molar-refractivity contribution in [1.29, 1.82) is 0 Å². The van der Waals surface area contributed by atoms with E-state index in [9.17, 15) is 9.59 Å². The monoisotopic (exact) mass is 411 g/mol. The van der Waals surface area contributed by atoms with Gasteiger partial charge in [0.1, 0.15) is 5.75 Å². The minimum Gasteiger partial charge on any atom is -0.496 e. The van der Waals surface area contributed by atoms with Gasteiger partial charge in [-0.3, -0.25) is 20.0 Å². The van der Waals surface area contributed by atoms with Gasteiger partial charge in [0.25, 0.3) is 5.91 Å². The number of piperidine rings is 1.